The summed E-state index contributed by atoms with van der Waals surface area (Å²) in [5.74, 6) is -0.168. The summed E-state index contributed by atoms with van der Waals surface area (Å²) < 4.78 is 5.33. The molecule has 1 atom stereocenters. The summed E-state index contributed by atoms with van der Waals surface area (Å²) >= 11 is 4.85. The molecule has 0 aliphatic heterocycles. The van der Waals surface area contributed by atoms with Crippen LogP contribution in [0.1, 0.15) is 25.8 Å². The van der Waals surface area contributed by atoms with Crippen LogP contribution in [0.25, 0.3) is 0 Å². The van der Waals surface area contributed by atoms with Gasteiger partial charge in [0.1, 0.15) is 11.6 Å². The Hall–Kier alpha value is -1.46. The van der Waals surface area contributed by atoms with Gasteiger partial charge in [-0.05, 0) is 37.6 Å². The molecule has 98 valence electrons. The van der Waals surface area contributed by atoms with E-state index in [0.717, 1.165) is 12.0 Å². The topological polar surface area (TPSA) is 64.3 Å². The predicted octanol–water partition coefficient (Wildman–Crippen LogP) is 2.07. The standard InChI is InChI=1S/C13H18N2O2S/c1-3-9(2)17-8-12(16)15-11-6-4-10(5-7-11)13(14)18/h4-7,9H,3,8H2,1-2H3,(H2,14,18)(H,15,16). The second-order valence-corrected chi connectivity index (χ2v) is 4.46. The molecule has 0 fully saturated rings. The highest BCUT2D eigenvalue weighted by molar-refractivity contribution is 7.80. The maximum Gasteiger partial charge on any atom is 0.250 e. The average molecular weight is 266 g/mol. The van der Waals surface area contributed by atoms with Gasteiger partial charge in [0, 0.05) is 11.3 Å². The minimum Gasteiger partial charge on any atom is -0.389 e. The summed E-state index contributed by atoms with van der Waals surface area (Å²) in [7, 11) is 0. The first-order valence-corrected chi connectivity index (χ1v) is 6.25. The van der Waals surface area contributed by atoms with E-state index in [1.807, 2.05) is 13.8 Å². The van der Waals surface area contributed by atoms with Crippen molar-refractivity contribution in [1.29, 1.82) is 0 Å². The molecule has 1 aromatic carbocycles. The maximum absolute atomic E-state index is 11.6. The first-order valence-electron chi connectivity index (χ1n) is 5.84. The van der Waals surface area contributed by atoms with E-state index in [2.05, 4.69) is 5.32 Å². The Labute approximate surface area is 113 Å². The van der Waals surface area contributed by atoms with Crippen molar-refractivity contribution >= 4 is 28.8 Å². The van der Waals surface area contributed by atoms with Crippen molar-refractivity contribution in [2.45, 2.75) is 26.4 Å². The molecule has 1 amide bonds. The van der Waals surface area contributed by atoms with Gasteiger partial charge in [-0.1, -0.05) is 19.1 Å². The van der Waals surface area contributed by atoms with Crippen LogP contribution in [-0.2, 0) is 9.53 Å². The van der Waals surface area contributed by atoms with Crippen LogP contribution in [0.4, 0.5) is 5.69 Å². The highest BCUT2D eigenvalue weighted by Crippen LogP contribution is 2.09. The van der Waals surface area contributed by atoms with Crippen LogP contribution in [-0.4, -0.2) is 23.6 Å². The zero-order valence-electron chi connectivity index (χ0n) is 10.6. The van der Waals surface area contributed by atoms with E-state index in [9.17, 15) is 4.79 Å². The van der Waals surface area contributed by atoms with Gasteiger partial charge in [0.15, 0.2) is 0 Å². The minimum atomic E-state index is -0.168. The Balaban J connectivity index is 2.47. The molecule has 1 aromatic rings. The molecule has 1 rings (SSSR count). The molecule has 1 unspecified atom stereocenters. The van der Waals surface area contributed by atoms with Crippen LogP contribution in [0.3, 0.4) is 0 Å². The van der Waals surface area contributed by atoms with Gasteiger partial charge < -0.3 is 15.8 Å². The fraction of sp³-hybridized carbons (Fsp3) is 0.385. The molecular weight excluding hydrogens is 248 g/mol. The largest absolute Gasteiger partial charge is 0.389 e. The van der Waals surface area contributed by atoms with Gasteiger partial charge in [0.05, 0.1) is 6.10 Å². The number of benzene rings is 1. The van der Waals surface area contributed by atoms with Crippen molar-refractivity contribution in [1.82, 2.24) is 0 Å². The van der Waals surface area contributed by atoms with Crippen LogP contribution in [0.2, 0.25) is 0 Å². The number of hydrogen-bond acceptors (Lipinski definition) is 3. The van der Waals surface area contributed by atoms with E-state index in [-0.39, 0.29) is 18.6 Å². The van der Waals surface area contributed by atoms with Crippen molar-refractivity contribution in [3.05, 3.63) is 29.8 Å². The molecule has 18 heavy (non-hydrogen) atoms. The molecule has 3 N–H and O–H groups in total. The Bertz CT molecular complexity index is 418. The van der Waals surface area contributed by atoms with Crippen molar-refractivity contribution in [3.63, 3.8) is 0 Å². The van der Waals surface area contributed by atoms with E-state index in [1.54, 1.807) is 24.3 Å². The zero-order chi connectivity index (χ0) is 13.5. The zero-order valence-corrected chi connectivity index (χ0v) is 11.4. The van der Waals surface area contributed by atoms with Crippen LogP contribution < -0.4 is 11.1 Å². The van der Waals surface area contributed by atoms with E-state index in [0.29, 0.717) is 10.7 Å². The molecule has 0 spiro atoms. The third-order valence-corrected chi connectivity index (χ3v) is 2.76. The second-order valence-electron chi connectivity index (χ2n) is 4.02. The first kappa shape index (κ1) is 14.6. The summed E-state index contributed by atoms with van der Waals surface area (Å²) in [5.41, 5.74) is 6.96. The fourth-order valence-corrected chi connectivity index (χ4v) is 1.39. The summed E-state index contributed by atoms with van der Waals surface area (Å²) in [6.07, 6.45) is 0.975. The Morgan fingerprint density at radius 2 is 2.06 bits per heavy atom. The number of rotatable bonds is 6. The fourth-order valence-electron chi connectivity index (χ4n) is 1.25. The van der Waals surface area contributed by atoms with Gasteiger partial charge in [-0.15, -0.1) is 0 Å². The number of carbonyl (C=O) groups is 1. The van der Waals surface area contributed by atoms with Crippen molar-refractivity contribution < 1.29 is 9.53 Å². The van der Waals surface area contributed by atoms with Crippen molar-refractivity contribution in [3.8, 4) is 0 Å². The lowest BCUT2D eigenvalue weighted by molar-refractivity contribution is -0.122. The highest BCUT2D eigenvalue weighted by Gasteiger charge is 2.05. The van der Waals surface area contributed by atoms with Crippen LogP contribution in [0.5, 0.6) is 0 Å². The monoisotopic (exact) mass is 266 g/mol. The molecule has 0 radical (unpaired) electrons. The van der Waals surface area contributed by atoms with Gasteiger partial charge in [-0.2, -0.15) is 0 Å². The minimum absolute atomic E-state index is 0.0616. The third kappa shape index (κ3) is 4.81. The van der Waals surface area contributed by atoms with Gasteiger partial charge in [-0.3, -0.25) is 4.79 Å². The number of nitrogens with one attached hydrogen (secondary N) is 1. The molecular formula is C13H18N2O2S. The Morgan fingerprint density at radius 1 is 1.44 bits per heavy atom. The Kier molecular flexibility index (Phi) is 5.74. The molecule has 0 heterocycles. The molecule has 5 heteroatoms. The lowest BCUT2D eigenvalue weighted by Gasteiger charge is -2.10. The van der Waals surface area contributed by atoms with E-state index >= 15 is 0 Å². The van der Waals surface area contributed by atoms with Crippen LogP contribution in [0.15, 0.2) is 24.3 Å². The molecule has 0 saturated carbocycles. The van der Waals surface area contributed by atoms with Crippen molar-refractivity contribution in [2.24, 2.45) is 5.73 Å². The van der Waals surface area contributed by atoms with Crippen LogP contribution in [0, 0.1) is 0 Å². The number of anilines is 1. The number of carbonyl (C=O) groups excluding carboxylic acids is 1. The molecule has 0 aromatic heterocycles. The number of ether oxygens (including phenoxy) is 1. The summed E-state index contributed by atoms with van der Waals surface area (Å²) in [6.45, 7) is 4.01. The predicted molar refractivity (Wildman–Crippen MR) is 76.7 cm³/mol. The molecule has 0 aliphatic rings. The highest BCUT2D eigenvalue weighted by atomic mass is 32.1. The summed E-state index contributed by atoms with van der Waals surface area (Å²) in [6, 6.07) is 7.06. The molecule has 0 aliphatic carbocycles. The summed E-state index contributed by atoms with van der Waals surface area (Å²) in [4.78, 5) is 11.9. The Morgan fingerprint density at radius 3 is 2.56 bits per heavy atom. The number of amides is 1. The average Bonchev–Trinajstić information content (AvgIpc) is 2.36. The van der Waals surface area contributed by atoms with Gasteiger partial charge in [-0.25, -0.2) is 0 Å². The van der Waals surface area contributed by atoms with Crippen molar-refractivity contribution in [2.75, 3.05) is 11.9 Å². The number of nitrogens with two attached hydrogens (primary N) is 1. The smallest absolute Gasteiger partial charge is 0.250 e. The van der Waals surface area contributed by atoms with Crippen LogP contribution >= 0.6 is 12.2 Å². The first-order chi connectivity index (χ1) is 8.52. The molecule has 0 saturated heterocycles. The van der Waals surface area contributed by atoms with E-state index in [4.69, 9.17) is 22.7 Å². The normalized spacial score (nSPS) is 11.9. The quantitative estimate of drug-likeness (QED) is 0.774. The lowest BCUT2D eigenvalue weighted by atomic mass is 10.2. The van der Waals surface area contributed by atoms with Gasteiger partial charge in [0.2, 0.25) is 5.91 Å². The van der Waals surface area contributed by atoms with E-state index < -0.39 is 0 Å². The molecule has 4 nitrogen and oxygen atoms in total. The van der Waals surface area contributed by atoms with E-state index in [1.165, 1.54) is 0 Å². The third-order valence-electron chi connectivity index (χ3n) is 2.53. The molecule has 0 bridgehead atoms. The number of hydrogen-bond donors (Lipinski definition) is 2. The lowest BCUT2D eigenvalue weighted by Crippen LogP contribution is -2.21. The SMILES string of the molecule is CCC(C)OCC(=O)Nc1ccc(C(N)=S)cc1. The maximum atomic E-state index is 11.6. The number of thiocarbonyl (C=S) groups is 1. The van der Waals surface area contributed by atoms with Gasteiger partial charge in [0.25, 0.3) is 0 Å². The summed E-state index contributed by atoms with van der Waals surface area (Å²) in [5, 5.41) is 2.74. The van der Waals surface area contributed by atoms with Gasteiger partial charge >= 0.3 is 0 Å². The second kappa shape index (κ2) is 7.08.